The lowest BCUT2D eigenvalue weighted by molar-refractivity contribution is -0.386. The van der Waals surface area contributed by atoms with Crippen LogP contribution < -0.4 is 11.2 Å². The van der Waals surface area contributed by atoms with Crippen molar-refractivity contribution < 1.29 is 10.0 Å². The molecule has 0 saturated heterocycles. The Labute approximate surface area is 125 Å². The van der Waals surface area contributed by atoms with Gasteiger partial charge in [-0.25, -0.2) is 4.79 Å². The van der Waals surface area contributed by atoms with Gasteiger partial charge in [0.05, 0.1) is 4.92 Å². The van der Waals surface area contributed by atoms with Crippen LogP contribution in [0, 0.1) is 10.1 Å². The van der Waals surface area contributed by atoms with Gasteiger partial charge < -0.3 is 10.1 Å². The number of hydrogen-bond acceptors (Lipinski definition) is 5. The summed E-state index contributed by atoms with van der Waals surface area (Å²) in [5.74, 6) is -0.0516. The smallest absolute Gasteiger partial charge is 0.357 e. The van der Waals surface area contributed by atoms with E-state index >= 15 is 0 Å². The number of nitro groups is 1. The summed E-state index contributed by atoms with van der Waals surface area (Å²) in [6.45, 7) is 0. The second kappa shape index (κ2) is 5.75. The summed E-state index contributed by atoms with van der Waals surface area (Å²) in [6, 6.07) is 4.62. The molecule has 2 aromatic rings. The fraction of sp³-hybridized carbons (Fsp3) is 0. The van der Waals surface area contributed by atoms with E-state index in [2.05, 4.69) is 20.9 Å². The van der Waals surface area contributed by atoms with E-state index in [0.717, 1.165) is 0 Å². The first-order valence-corrected chi connectivity index (χ1v) is 6.35. The molecule has 0 amide bonds. The van der Waals surface area contributed by atoms with Crippen molar-refractivity contribution in [3.63, 3.8) is 0 Å². The summed E-state index contributed by atoms with van der Waals surface area (Å²) in [4.78, 5) is 36.5. The molecule has 3 N–H and O–H groups in total. The fourth-order valence-corrected chi connectivity index (χ4v) is 2.01. The van der Waals surface area contributed by atoms with Crippen LogP contribution in [0.25, 0.3) is 12.2 Å². The van der Waals surface area contributed by atoms with Gasteiger partial charge in [0.25, 0.3) is 0 Å². The van der Waals surface area contributed by atoms with Crippen molar-refractivity contribution in [2.45, 2.75) is 0 Å². The Kier molecular flexibility index (Phi) is 4.03. The zero-order valence-corrected chi connectivity index (χ0v) is 11.9. The monoisotopic (exact) mass is 353 g/mol. The summed E-state index contributed by atoms with van der Waals surface area (Å²) in [7, 11) is 0. The van der Waals surface area contributed by atoms with Crippen molar-refractivity contribution in [3.8, 4) is 5.75 Å². The van der Waals surface area contributed by atoms with E-state index in [0.29, 0.717) is 10.0 Å². The van der Waals surface area contributed by atoms with E-state index in [1.807, 2.05) is 0 Å². The van der Waals surface area contributed by atoms with Crippen LogP contribution in [-0.4, -0.2) is 20.0 Å². The number of H-pyrrole nitrogens is 2. The van der Waals surface area contributed by atoms with E-state index in [9.17, 15) is 24.8 Å². The quantitative estimate of drug-likeness (QED) is 0.570. The normalized spacial score (nSPS) is 10.9. The predicted molar refractivity (Wildman–Crippen MR) is 79.1 cm³/mol. The first-order chi connectivity index (χ1) is 9.88. The highest BCUT2D eigenvalue weighted by Gasteiger charge is 2.18. The minimum absolute atomic E-state index is 0.0516. The molecule has 108 valence electrons. The molecular weight excluding hydrogens is 346 g/mol. The van der Waals surface area contributed by atoms with Gasteiger partial charge in [-0.15, -0.1) is 0 Å². The fourth-order valence-electron chi connectivity index (χ4n) is 1.63. The van der Waals surface area contributed by atoms with Crippen molar-refractivity contribution in [1.29, 1.82) is 0 Å². The predicted octanol–water partition coefficient (Wildman–Crippen LogP) is 1.61. The highest BCUT2D eigenvalue weighted by Crippen LogP contribution is 2.24. The maximum absolute atomic E-state index is 11.4. The van der Waals surface area contributed by atoms with Crippen LogP contribution in [-0.2, 0) is 0 Å². The number of hydrogen-bond donors (Lipinski definition) is 3. The van der Waals surface area contributed by atoms with Crippen molar-refractivity contribution in [1.82, 2.24) is 9.97 Å². The van der Waals surface area contributed by atoms with Crippen molar-refractivity contribution in [2.75, 3.05) is 0 Å². The molecule has 1 aromatic carbocycles. The lowest BCUT2D eigenvalue weighted by atomic mass is 10.1. The lowest BCUT2D eigenvalue weighted by Crippen LogP contribution is -2.25. The number of phenolic OH excluding ortho intramolecular Hbond substituents is 1. The molecule has 0 radical (unpaired) electrons. The number of aromatic nitrogens is 2. The van der Waals surface area contributed by atoms with Crippen molar-refractivity contribution >= 4 is 33.8 Å². The first-order valence-electron chi connectivity index (χ1n) is 5.56. The maximum Gasteiger partial charge on any atom is 0.357 e. The third-order valence-corrected chi connectivity index (χ3v) is 3.04. The van der Waals surface area contributed by atoms with E-state index < -0.39 is 21.9 Å². The standard InChI is InChI=1S/C12H8BrN3O5/c13-7-2-4-9(17)6(5-7)1-3-8-10(16(20)21)11(18)15-12(19)14-8/h1-5,17H,(H2,14,15,18,19)/b3-1+. The van der Waals surface area contributed by atoms with Crippen LogP contribution in [0.4, 0.5) is 5.69 Å². The minimum Gasteiger partial charge on any atom is -0.507 e. The van der Waals surface area contributed by atoms with Crippen LogP contribution in [0.3, 0.4) is 0 Å². The molecule has 2 rings (SSSR count). The average Bonchev–Trinajstić information content (AvgIpc) is 2.38. The van der Waals surface area contributed by atoms with E-state index in [1.165, 1.54) is 18.2 Å². The third kappa shape index (κ3) is 3.26. The molecule has 0 atom stereocenters. The second-order valence-corrected chi connectivity index (χ2v) is 4.88. The summed E-state index contributed by atoms with van der Waals surface area (Å²) >= 11 is 3.22. The highest BCUT2D eigenvalue weighted by molar-refractivity contribution is 9.10. The molecule has 1 aromatic heterocycles. The molecule has 0 spiro atoms. The zero-order chi connectivity index (χ0) is 15.6. The van der Waals surface area contributed by atoms with E-state index in [4.69, 9.17) is 0 Å². The molecule has 8 nitrogen and oxygen atoms in total. The summed E-state index contributed by atoms with van der Waals surface area (Å²) in [5.41, 5.74) is -2.63. The number of rotatable bonds is 3. The topological polar surface area (TPSA) is 129 Å². The van der Waals surface area contributed by atoms with Gasteiger partial charge in [-0.1, -0.05) is 15.9 Å². The largest absolute Gasteiger partial charge is 0.507 e. The van der Waals surface area contributed by atoms with Crippen LogP contribution in [0.5, 0.6) is 5.75 Å². The Bertz CT molecular complexity index is 853. The number of nitrogens with one attached hydrogen (secondary N) is 2. The molecule has 1 heterocycles. The van der Waals surface area contributed by atoms with Gasteiger partial charge >= 0.3 is 16.9 Å². The molecule has 0 aliphatic carbocycles. The molecule has 9 heteroatoms. The first kappa shape index (κ1) is 14.7. The van der Waals surface area contributed by atoms with Gasteiger partial charge in [0.15, 0.2) is 0 Å². The Balaban J connectivity index is 2.55. The van der Waals surface area contributed by atoms with Gasteiger partial charge in [0.1, 0.15) is 11.4 Å². The van der Waals surface area contributed by atoms with Crippen molar-refractivity contribution in [2.24, 2.45) is 0 Å². The van der Waals surface area contributed by atoms with Crippen LogP contribution in [0.2, 0.25) is 0 Å². The number of nitrogens with zero attached hydrogens (tertiary/aromatic N) is 1. The number of aromatic amines is 2. The summed E-state index contributed by atoms with van der Waals surface area (Å²) in [5, 5.41) is 20.5. The number of benzene rings is 1. The maximum atomic E-state index is 11.4. The van der Waals surface area contributed by atoms with Gasteiger partial charge in [-0.3, -0.25) is 19.9 Å². The zero-order valence-electron chi connectivity index (χ0n) is 10.3. The molecular formula is C12H8BrN3O5. The second-order valence-electron chi connectivity index (χ2n) is 3.96. The van der Waals surface area contributed by atoms with Gasteiger partial charge in [0.2, 0.25) is 0 Å². The van der Waals surface area contributed by atoms with E-state index in [-0.39, 0.29) is 11.4 Å². The van der Waals surface area contributed by atoms with Gasteiger partial charge in [-0.05, 0) is 30.4 Å². The lowest BCUT2D eigenvalue weighted by Gasteiger charge is -2.00. The average molecular weight is 354 g/mol. The summed E-state index contributed by atoms with van der Waals surface area (Å²) < 4.78 is 0.689. The Hall–Kier alpha value is -2.68. The molecule has 0 bridgehead atoms. The van der Waals surface area contributed by atoms with E-state index in [1.54, 1.807) is 17.1 Å². The number of halogens is 1. The molecule has 0 aliphatic rings. The molecule has 0 aliphatic heterocycles. The van der Waals surface area contributed by atoms with Gasteiger partial charge in [-0.2, -0.15) is 0 Å². The molecule has 0 unspecified atom stereocenters. The van der Waals surface area contributed by atoms with Crippen LogP contribution in [0.1, 0.15) is 11.3 Å². The van der Waals surface area contributed by atoms with Gasteiger partial charge in [0, 0.05) is 10.0 Å². The van der Waals surface area contributed by atoms with Crippen LogP contribution in [0.15, 0.2) is 32.3 Å². The minimum atomic E-state index is -1.10. The SMILES string of the molecule is O=c1[nH]c(/C=C/c2cc(Br)ccc2O)c([N+](=O)[O-])c(=O)[nH]1. The Morgan fingerprint density at radius 3 is 2.62 bits per heavy atom. The molecule has 0 fully saturated rings. The molecule has 21 heavy (non-hydrogen) atoms. The van der Waals surface area contributed by atoms with Crippen LogP contribution >= 0.6 is 15.9 Å². The Morgan fingerprint density at radius 2 is 1.95 bits per heavy atom. The summed E-state index contributed by atoms with van der Waals surface area (Å²) in [6.07, 6.45) is 2.52. The van der Waals surface area contributed by atoms with Crippen molar-refractivity contribution in [3.05, 3.63) is 64.9 Å². The number of aromatic hydroxyl groups is 1. The third-order valence-electron chi connectivity index (χ3n) is 2.55. The Morgan fingerprint density at radius 1 is 1.24 bits per heavy atom. The number of phenols is 1. The highest BCUT2D eigenvalue weighted by atomic mass is 79.9. The molecule has 0 saturated carbocycles.